The third kappa shape index (κ3) is 4.40. The van der Waals surface area contributed by atoms with Gasteiger partial charge in [0.1, 0.15) is 11.6 Å². The van der Waals surface area contributed by atoms with Crippen LogP contribution in [0.25, 0.3) is 10.9 Å². The van der Waals surface area contributed by atoms with Crippen LogP contribution in [0.15, 0.2) is 79.0 Å². The fourth-order valence-electron chi connectivity index (χ4n) is 3.64. The smallest absolute Gasteiger partial charge is 0.220 e. The molecule has 4 aromatic rings. The van der Waals surface area contributed by atoms with Crippen LogP contribution in [0.1, 0.15) is 23.1 Å². The molecule has 1 aromatic heterocycles. The first-order chi connectivity index (χ1) is 14.6. The Morgan fingerprint density at radius 1 is 0.800 bits per heavy atom. The van der Waals surface area contributed by atoms with Gasteiger partial charge in [0.05, 0.1) is 6.54 Å². The molecule has 0 saturated heterocycles. The summed E-state index contributed by atoms with van der Waals surface area (Å²) in [6, 6.07) is 21.1. The molecule has 3 nitrogen and oxygen atoms in total. The quantitative estimate of drug-likeness (QED) is 0.450. The average Bonchev–Trinajstić information content (AvgIpc) is 3.11. The lowest BCUT2D eigenvalue weighted by atomic mass is 10.1. The Balaban J connectivity index is 1.46. The van der Waals surface area contributed by atoms with Crippen molar-refractivity contribution in [3.05, 3.63) is 107 Å². The largest absolute Gasteiger partial charge is 0.352 e. The summed E-state index contributed by atoms with van der Waals surface area (Å²) in [5, 5.41) is 3.83. The lowest BCUT2D eigenvalue weighted by molar-refractivity contribution is -0.121. The Morgan fingerprint density at radius 2 is 1.43 bits per heavy atom. The number of aryl methyl sites for hydroxylation is 1. The Morgan fingerprint density at radius 3 is 2.17 bits per heavy atom. The molecule has 1 heterocycles. The zero-order valence-electron chi connectivity index (χ0n) is 16.4. The summed E-state index contributed by atoms with van der Waals surface area (Å²) < 4.78 is 29.8. The fraction of sp³-hybridized carbons (Fsp3) is 0.160. The summed E-state index contributed by atoms with van der Waals surface area (Å²) >= 11 is 0. The third-order valence-electron chi connectivity index (χ3n) is 5.22. The van der Waals surface area contributed by atoms with Gasteiger partial charge in [0, 0.05) is 41.2 Å². The Hall–Kier alpha value is -3.47. The molecule has 0 atom stereocenters. The van der Waals surface area contributed by atoms with E-state index in [2.05, 4.69) is 5.32 Å². The van der Waals surface area contributed by atoms with Crippen molar-refractivity contribution in [2.75, 3.05) is 0 Å². The molecule has 0 aliphatic heterocycles. The Labute approximate surface area is 174 Å². The van der Waals surface area contributed by atoms with Crippen LogP contribution >= 0.6 is 0 Å². The van der Waals surface area contributed by atoms with Crippen LogP contribution < -0.4 is 5.32 Å². The van der Waals surface area contributed by atoms with Gasteiger partial charge >= 0.3 is 0 Å². The molecule has 0 fully saturated rings. The molecule has 0 unspecified atom stereocenters. The van der Waals surface area contributed by atoms with E-state index in [0.29, 0.717) is 30.5 Å². The van der Waals surface area contributed by atoms with Crippen molar-refractivity contribution in [1.29, 1.82) is 0 Å². The number of halogens is 2. The van der Waals surface area contributed by atoms with Crippen molar-refractivity contribution in [2.24, 2.45) is 0 Å². The van der Waals surface area contributed by atoms with E-state index in [-0.39, 0.29) is 24.1 Å². The molecule has 30 heavy (non-hydrogen) atoms. The Bertz CT molecular complexity index is 1180. The van der Waals surface area contributed by atoms with Gasteiger partial charge in [-0.1, -0.05) is 54.6 Å². The SMILES string of the molecule is O=C(CCc1cn(Cc2ccccc2F)c2ccccc12)NCc1ccccc1F. The van der Waals surface area contributed by atoms with Crippen LogP contribution in [0.5, 0.6) is 0 Å². The van der Waals surface area contributed by atoms with Gasteiger partial charge in [-0.2, -0.15) is 0 Å². The van der Waals surface area contributed by atoms with Crippen molar-refractivity contribution < 1.29 is 13.6 Å². The van der Waals surface area contributed by atoms with Gasteiger partial charge in [0.25, 0.3) is 0 Å². The second-order valence-electron chi connectivity index (χ2n) is 7.26. The van der Waals surface area contributed by atoms with Crippen LogP contribution in [-0.4, -0.2) is 10.5 Å². The molecule has 3 aromatic carbocycles. The molecule has 0 spiro atoms. The van der Waals surface area contributed by atoms with E-state index in [1.54, 1.807) is 30.3 Å². The van der Waals surface area contributed by atoms with Crippen molar-refractivity contribution in [3.8, 4) is 0 Å². The number of hydrogen-bond acceptors (Lipinski definition) is 1. The van der Waals surface area contributed by atoms with Gasteiger partial charge < -0.3 is 9.88 Å². The van der Waals surface area contributed by atoms with E-state index >= 15 is 0 Å². The van der Waals surface area contributed by atoms with E-state index in [4.69, 9.17) is 0 Å². The zero-order chi connectivity index (χ0) is 20.9. The first-order valence-electron chi connectivity index (χ1n) is 9.92. The minimum Gasteiger partial charge on any atom is -0.352 e. The first kappa shape index (κ1) is 19.8. The standard InChI is InChI=1S/C25H22F2N2O/c26-22-10-4-1-7-18(22)15-28-25(30)14-13-19-16-29(24-12-6-3-9-21(19)24)17-20-8-2-5-11-23(20)27/h1-12,16H,13-15,17H2,(H,28,30). The predicted molar refractivity (Wildman–Crippen MR) is 114 cm³/mol. The lowest BCUT2D eigenvalue weighted by Gasteiger charge is -2.06. The molecular weight excluding hydrogens is 382 g/mol. The van der Waals surface area contributed by atoms with Crippen molar-refractivity contribution in [2.45, 2.75) is 25.9 Å². The first-order valence-corrected chi connectivity index (χ1v) is 9.92. The number of benzene rings is 3. The van der Waals surface area contributed by atoms with Gasteiger partial charge in [-0.3, -0.25) is 4.79 Å². The van der Waals surface area contributed by atoms with Crippen LogP contribution in [0.2, 0.25) is 0 Å². The molecule has 4 rings (SSSR count). The highest BCUT2D eigenvalue weighted by Gasteiger charge is 2.12. The number of carbonyl (C=O) groups excluding carboxylic acids is 1. The number of para-hydroxylation sites is 1. The maximum absolute atomic E-state index is 14.1. The molecule has 1 amide bonds. The van der Waals surface area contributed by atoms with Gasteiger partial charge in [-0.05, 0) is 30.2 Å². The predicted octanol–water partition coefficient (Wildman–Crippen LogP) is 5.22. The van der Waals surface area contributed by atoms with E-state index in [1.807, 2.05) is 41.1 Å². The Kier molecular flexibility index (Phi) is 5.89. The average molecular weight is 404 g/mol. The van der Waals surface area contributed by atoms with Gasteiger partial charge in [0.15, 0.2) is 0 Å². The number of nitrogens with zero attached hydrogens (tertiary/aromatic N) is 1. The lowest BCUT2D eigenvalue weighted by Crippen LogP contribution is -2.23. The second-order valence-corrected chi connectivity index (χ2v) is 7.26. The number of carbonyl (C=O) groups is 1. The zero-order valence-corrected chi connectivity index (χ0v) is 16.4. The summed E-state index contributed by atoms with van der Waals surface area (Å²) in [5.74, 6) is -0.692. The number of nitrogens with one attached hydrogen (secondary N) is 1. The third-order valence-corrected chi connectivity index (χ3v) is 5.22. The van der Waals surface area contributed by atoms with E-state index < -0.39 is 0 Å². The molecule has 152 valence electrons. The monoisotopic (exact) mass is 404 g/mol. The summed E-state index contributed by atoms with van der Waals surface area (Å²) in [5.41, 5.74) is 3.12. The number of amides is 1. The molecule has 0 radical (unpaired) electrons. The van der Waals surface area contributed by atoms with Gasteiger partial charge in [0.2, 0.25) is 5.91 Å². The van der Waals surface area contributed by atoms with Crippen LogP contribution in [-0.2, 0) is 24.3 Å². The minimum absolute atomic E-state index is 0.135. The highest BCUT2D eigenvalue weighted by atomic mass is 19.1. The minimum atomic E-state index is -0.325. The van der Waals surface area contributed by atoms with Crippen molar-refractivity contribution >= 4 is 16.8 Å². The van der Waals surface area contributed by atoms with Gasteiger partial charge in [-0.15, -0.1) is 0 Å². The highest BCUT2D eigenvalue weighted by Crippen LogP contribution is 2.24. The highest BCUT2D eigenvalue weighted by molar-refractivity contribution is 5.85. The molecule has 0 aliphatic carbocycles. The number of hydrogen-bond donors (Lipinski definition) is 1. The molecule has 0 bridgehead atoms. The van der Waals surface area contributed by atoms with E-state index in [0.717, 1.165) is 16.5 Å². The maximum Gasteiger partial charge on any atom is 0.220 e. The summed E-state index contributed by atoms with van der Waals surface area (Å²) in [6.45, 7) is 0.590. The van der Waals surface area contributed by atoms with Gasteiger partial charge in [-0.25, -0.2) is 8.78 Å². The summed E-state index contributed by atoms with van der Waals surface area (Å²) in [6.07, 6.45) is 2.83. The normalized spacial score (nSPS) is 11.0. The molecular formula is C25H22F2N2O. The molecule has 5 heteroatoms. The van der Waals surface area contributed by atoms with E-state index in [1.165, 1.54) is 12.1 Å². The summed E-state index contributed by atoms with van der Waals surface area (Å²) in [4.78, 5) is 12.3. The van der Waals surface area contributed by atoms with Crippen molar-refractivity contribution in [1.82, 2.24) is 9.88 Å². The number of fused-ring (bicyclic) bond motifs is 1. The maximum atomic E-state index is 14.1. The molecule has 1 N–H and O–H groups in total. The van der Waals surface area contributed by atoms with Crippen LogP contribution in [0.3, 0.4) is 0 Å². The fourth-order valence-corrected chi connectivity index (χ4v) is 3.64. The molecule has 0 saturated carbocycles. The number of aromatic nitrogens is 1. The van der Waals surface area contributed by atoms with Crippen LogP contribution in [0.4, 0.5) is 8.78 Å². The topological polar surface area (TPSA) is 34.0 Å². The van der Waals surface area contributed by atoms with E-state index in [9.17, 15) is 13.6 Å². The second kappa shape index (κ2) is 8.91. The molecule has 0 aliphatic rings. The summed E-state index contributed by atoms with van der Waals surface area (Å²) in [7, 11) is 0. The number of rotatable bonds is 7. The van der Waals surface area contributed by atoms with Crippen molar-refractivity contribution in [3.63, 3.8) is 0 Å². The van der Waals surface area contributed by atoms with Crippen LogP contribution in [0, 0.1) is 11.6 Å².